The van der Waals surface area contributed by atoms with Crippen molar-refractivity contribution in [2.24, 2.45) is 11.8 Å². The van der Waals surface area contributed by atoms with E-state index in [9.17, 15) is 60.4 Å². The van der Waals surface area contributed by atoms with E-state index in [1.807, 2.05) is 0 Å². The van der Waals surface area contributed by atoms with Crippen molar-refractivity contribution in [2.45, 2.75) is 57.0 Å². The van der Waals surface area contributed by atoms with Gasteiger partial charge in [0.1, 0.15) is 29.5 Å². The molecule has 2 unspecified atom stereocenters. The van der Waals surface area contributed by atoms with Crippen LogP contribution in [-0.2, 0) is 26.7 Å². The molecule has 0 spiro atoms. The van der Waals surface area contributed by atoms with E-state index in [1.54, 1.807) is 0 Å². The smallest absolute Gasteiger partial charge is 0.416 e. The second kappa shape index (κ2) is 11.7. The lowest BCUT2D eigenvalue weighted by atomic mass is 9.78. The SMILES string of the molecule is O=C1CCCC(=O)C1C(=O)c1ccc(C(F)(F)F)cc1[N+](=O)[O-].O=C1CCCC2Oc3cc(C(F)(F)F)ccc3C(=O)C12. The number of carbonyl (C=O) groups is 5. The van der Waals surface area contributed by atoms with Crippen LogP contribution < -0.4 is 4.74 Å². The molecule has 3 aliphatic rings. The van der Waals surface area contributed by atoms with Crippen LogP contribution in [0.3, 0.4) is 0 Å². The lowest BCUT2D eigenvalue weighted by molar-refractivity contribution is -0.385. The van der Waals surface area contributed by atoms with Crippen LogP contribution in [-0.4, -0.2) is 39.9 Å². The molecule has 0 N–H and O–H groups in total. The third kappa shape index (κ3) is 6.49. The zero-order chi connectivity index (χ0) is 31.9. The van der Waals surface area contributed by atoms with Gasteiger partial charge in [0.2, 0.25) is 0 Å². The number of halogens is 6. The number of hydrogen-bond acceptors (Lipinski definition) is 8. The summed E-state index contributed by atoms with van der Waals surface area (Å²) in [6.45, 7) is 0. The average molecular weight is 613 g/mol. The first kappa shape index (κ1) is 31.5. The lowest BCUT2D eigenvalue weighted by Crippen LogP contribution is -2.45. The molecule has 0 saturated heterocycles. The van der Waals surface area contributed by atoms with Crippen LogP contribution in [0, 0.1) is 22.0 Å². The van der Waals surface area contributed by atoms with E-state index < -0.39 is 80.7 Å². The number of benzene rings is 2. The molecule has 43 heavy (non-hydrogen) atoms. The number of hydrogen-bond donors (Lipinski definition) is 0. The Morgan fingerprint density at radius 1 is 0.814 bits per heavy atom. The van der Waals surface area contributed by atoms with Gasteiger partial charge in [0, 0.05) is 25.3 Å². The van der Waals surface area contributed by atoms with Crippen LogP contribution in [0.4, 0.5) is 32.0 Å². The quantitative estimate of drug-likeness (QED) is 0.140. The van der Waals surface area contributed by atoms with Gasteiger partial charge in [-0.3, -0.25) is 34.1 Å². The first-order valence-corrected chi connectivity index (χ1v) is 12.9. The monoisotopic (exact) mass is 613 g/mol. The van der Waals surface area contributed by atoms with Crippen LogP contribution in [0.15, 0.2) is 36.4 Å². The Hall–Kier alpha value is -4.43. The topological polar surface area (TPSA) is 138 Å². The Kier molecular flexibility index (Phi) is 8.56. The maximum atomic E-state index is 12.7. The first-order valence-electron chi connectivity index (χ1n) is 12.9. The van der Waals surface area contributed by atoms with Crippen molar-refractivity contribution in [1.29, 1.82) is 0 Å². The summed E-state index contributed by atoms with van der Waals surface area (Å²) < 4.78 is 81.3. The number of alkyl halides is 6. The molecule has 228 valence electrons. The minimum atomic E-state index is -4.82. The van der Waals surface area contributed by atoms with Crippen molar-refractivity contribution in [3.05, 3.63) is 68.8 Å². The number of nitrogens with zero attached hydrogens (tertiary/aromatic N) is 1. The van der Waals surface area contributed by atoms with Crippen molar-refractivity contribution in [3.8, 4) is 5.75 Å². The van der Waals surface area contributed by atoms with Crippen LogP contribution in [0.5, 0.6) is 5.75 Å². The van der Waals surface area contributed by atoms with Gasteiger partial charge in [-0.25, -0.2) is 0 Å². The van der Waals surface area contributed by atoms with Crippen LogP contribution in [0.2, 0.25) is 0 Å². The molecule has 1 aliphatic heterocycles. The predicted octanol–water partition coefficient (Wildman–Crippen LogP) is 5.75. The summed E-state index contributed by atoms with van der Waals surface area (Å²) in [6, 6.07) is 4.15. The Morgan fingerprint density at radius 2 is 1.37 bits per heavy atom. The average Bonchev–Trinajstić information content (AvgIpc) is 2.91. The van der Waals surface area contributed by atoms with Gasteiger partial charge in [-0.15, -0.1) is 0 Å². The van der Waals surface area contributed by atoms with Crippen molar-refractivity contribution in [1.82, 2.24) is 0 Å². The summed E-state index contributed by atoms with van der Waals surface area (Å²) in [4.78, 5) is 69.6. The van der Waals surface area contributed by atoms with Crippen molar-refractivity contribution in [2.75, 3.05) is 0 Å². The van der Waals surface area contributed by atoms with Gasteiger partial charge >= 0.3 is 12.4 Å². The fourth-order valence-corrected chi connectivity index (χ4v) is 5.20. The summed E-state index contributed by atoms with van der Waals surface area (Å²) >= 11 is 0. The van der Waals surface area contributed by atoms with Gasteiger partial charge < -0.3 is 4.74 Å². The van der Waals surface area contributed by atoms with Crippen molar-refractivity contribution >= 4 is 34.6 Å². The zero-order valence-electron chi connectivity index (χ0n) is 21.9. The van der Waals surface area contributed by atoms with Crippen molar-refractivity contribution in [3.63, 3.8) is 0 Å². The van der Waals surface area contributed by atoms with Crippen LogP contribution in [0.25, 0.3) is 0 Å². The van der Waals surface area contributed by atoms with Crippen molar-refractivity contribution < 1.29 is 60.0 Å². The predicted molar refractivity (Wildman–Crippen MR) is 132 cm³/mol. The number of rotatable bonds is 3. The molecule has 1 heterocycles. The molecule has 2 aliphatic carbocycles. The molecular formula is C28H21F6NO8. The third-order valence-corrected chi connectivity index (χ3v) is 7.31. The molecule has 0 amide bonds. The Morgan fingerprint density at radius 3 is 1.95 bits per heavy atom. The standard InChI is InChI=1S/C14H10F3NO5.C14H11F3O3/c15-14(16,17)7-4-5-8(9(6-7)18(22)23)13(21)12-10(19)2-1-3-11(12)20;15-14(16,17)7-4-5-8-11(6-7)20-10-3-1-2-9(18)12(10)13(8)19/h4-6,12H,1-3H2;4-6,10,12H,1-3H2. The molecule has 2 atom stereocenters. The molecule has 0 bridgehead atoms. The van der Waals surface area contributed by atoms with E-state index in [0.717, 1.165) is 18.2 Å². The second-order valence-corrected chi connectivity index (χ2v) is 10.1. The highest BCUT2D eigenvalue weighted by molar-refractivity contribution is 6.26. The number of carbonyl (C=O) groups excluding carboxylic acids is 5. The van der Waals surface area contributed by atoms with E-state index in [1.165, 1.54) is 0 Å². The van der Waals surface area contributed by atoms with Gasteiger partial charge in [-0.2, -0.15) is 26.3 Å². The third-order valence-electron chi connectivity index (χ3n) is 7.31. The lowest BCUT2D eigenvalue weighted by Gasteiger charge is -2.34. The molecule has 0 aromatic heterocycles. The maximum absolute atomic E-state index is 12.7. The number of fused-ring (bicyclic) bond motifs is 2. The minimum Gasteiger partial charge on any atom is -0.488 e. The van der Waals surface area contributed by atoms with E-state index in [4.69, 9.17) is 4.74 Å². The largest absolute Gasteiger partial charge is 0.488 e. The Bertz CT molecular complexity index is 1510. The normalized spacial score (nSPS) is 20.8. The van der Waals surface area contributed by atoms with Gasteiger partial charge in [-0.1, -0.05) is 0 Å². The molecule has 5 rings (SSSR count). The van der Waals surface area contributed by atoms with E-state index >= 15 is 0 Å². The molecular weight excluding hydrogens is 592 g/mol. The summed E-state index contributed by atoms with van der Waals surface area (Å²) in [5.74, 6) is -5.65. The molecule has 2 aromatic carbocycles. The number of ether oxygens (including phenoxy) is 1. The molecule has 0 radical (unpaired) electrons. The number of Topliss-reactive ketones (excluding diaryl/α,β-unsaturated/α-hetero) is 5. The zero-order valence-corrected chi connectivity index (χ0v) is 21.9. The summed E-state index contributed by atoms with van der Waals surface area (Å²) in [7, 11) is 0. The molecule has 2 aromatic rings. The first-order chi connectivity index (χ1) is 20.0. The molecule has 2 saturated carbocycles. The molecule has 2 fully saturated rings. The fraction of sp³-hybridized carbons (Fsp3) is 0.393. The summed E-state index contributed by atoms with van der Waals surface area (Å²) in [5.41, 5.74) is -3.83. The van der Waals surface area contributed by atoms with Gasteiger partial charge in [0.05, 0.1) is 27.2 Å². The Balaban J connectivity index is 0.000000198. The summed E-state index contributed by atoms with van der Waals surface area (Å²) in [5, 5.41) is 11.0. The maximum Gasteiger partial charge on any atom is 0.416 e. The highest BCUT2D eigenvalue weighted by Crippen LogP contribution is 2.40. The highest BCUT2D eigenvalue weighted by Gasteiger charge is 2.45. The van der Waals surface area contributed by atoms with E-state index in [0.29, 0.717) is 31.4 Å². The molecule has 15 heteroatoms. The minimum absolute atomic E-state index is 0.0173. The van der Waals surface area contributed by atoms with Gasteiger partial charge in [0.25, 0.3) is 5.69 Å². The number of ketones is 5. The number of nitro groups is 1. The van der Waals surface area contributed by atoms with Crippen LogP contribution in [0.1, 0.15) is 70.4 Å². The van der Waals surface area contributed by atoms with Gasteiger partial charge in [0.15, 0.2) is 23.1 Å². The van der Waals surface area contributed by atoms with Gasteiger partial charge in [-0.05, 0) is 49.6 Å². The van der Waals surface area contributed by atoms with Crippen LogP contribution >= 0.6 is 0 Å². The summed E-state index contributed by atoms with van der Waals surface area (Å²) in [6.07, 6.45) is -8.24. The Labute approximate surface area is 238 Å². The van der Waals surface area contributed by atoms with E-state index in [-0.39, 0.29) is 42.4 Å². The number of nitro benzene ring substituents is 1. The highest BCUT2D eigenvalue weighted by atomic mass is 19.4. The van der Waals surface area contributed by atoms with E-state index in [2.05, 4.69) is 0 Å². The molecule has 9 nitrogen and oxygen atoms in total. The second-order valence-electron chi connectivity index (χ2n) is 10.1. The fourth-order valence-electron chi connectivity index (χ4n) is 5.20.